The molecule has 0 bridgehead atoms. The van der Waals surface area contributed by atoms with E-state index >= 15 is 0 Å². The molecule has 1 heterocycles. The van der Waals surface area contributed by atoms with Crippen molar-refractivity contribution in [3.63, 3.8) is 0 Å². The molecule has 1 saturated heterocycles. The molecule has 1 aliphatic carbocycles. The van der Waals surface area contributed by atoms with Crippen LogP contribution in [-0.4, -0.2) is 54.9 Å². The Kier molecular flexibility index (Phi) is 7.83. The Hall–Kier alpha value is -3.35. The van der Waals surface area contributed by atoms with Crippen LogP contribution < -0.4 is 15.4 Å². The van der Waals surface area contributed by atoms with Crippen molar-refractivity contribution in [3.05, 3.63) is 65.7 Å². The third-order valence-electron chi connectivity index (χ3n) is 6.86. The highest BCUT2D eigenvalue weighted by atomic mass is 16.5. The second-order valence-corrected chi connectivity index (χ2v) is 9.16. The highest BCUT2D eigenvalue weighted by Crippen LogP contribution is 2.23. The maximum Gasteiger partial charge on any atom is 0.253 e. The van der Waals surface area contributed by atoms with E-state index in [0.717, 1.165) is 38.5 Å². The zero-order valence-corrected chi connectivity index (χ0v) is 19.7. The smallest absolute Gasteiger partial charge is 0.253 e. The van der Waals surface area contributed by atoms with Crippen LogP contribution in [0.4, 0.5) is 0 Å². The van der Waals surface area contributed by atoms with Gasteiger partial charge in [-0.1, -0.05) is 31.0 Å². The average Bonchev–Trinajstić information content (AvgIpc) is 2.90. The van der Waals surface area contributed by atoms with Gasteiger partial charge in [-0.25, -0.2) is 0 Å². The van der Waals surface area contributed by atoms with Crippen LogP contribution in [0.1, 0.15) is 59.2 Å². The minimum absolute atomic E-state index is 0.0267. The molecule has 180 valence electrons. The standard InChI is InChI=1S/C27H33N3O4/c1-34-22-15-13-19(14-16-22)25(31)28-23-11-5-6-12-24(23)29-26(32)21-10-7-17-30(18-21)27(33)20-8-3-2-4-9-20/h2-4,8-9,13-16,21,23-24H,5-7,10-12,17-18H2,1H3,(H,28,31)(H,29,32)/t21-,23-,24-/m1/s1. The van der Waals surface area contributed by atoms with Crippen LogP contribution in [0, 0.1) is 5.92 Å². The van der Waals surface area contributed by atoms with Crippen molar-refractivity contribution >= 4 is 17.7 Å². The summed E-state index contributed by atoms with van der Waals surface area (Å²) in [4.78, 5) is 40.6. The Morgan fingerprint density at radius 3 is 2.18 bits per heavy atom. The second kappa shape index (κ2) is 11.2. The Morgan fingerprint density at radius 2 is 1.50 bits per heavy atom. The van der Waals surface area contributed by atoms with Gasteiger partial charge < -0.3 is 20.3 Å². The first-order chi connectivity index (χ1) is 16.5. The number of carbonyl (C=O) groups is 3. The third kappa shape index (κ3) is 5.76. The molecule has 2 aromatic rings. The Balaban J connectivity index is 1.35. The van der Waals surface area contributed by atoms with Gasteiger partial charge in [0, 0.05) is 36.3 Å². The highest BCUT2D eigenvalue weighted by molar-refractivity contribution is 5.95. The number of carbonyl (C=O) groups excluding carboxylic acids is 3. The van der Waals surface area contributed by atoms with Crippen LogP contribution in [-0.2, 0) is 4.79 Å². The lowest BCUT2D eigenvalue weighted by atomic mass is 9.88. The van der Waals surface area contributed by atoms with Gasteiger partial charge >= 0.3 is 0 Å². The quantitative estimate of drug-likeness (QED) is 0.687. The predicted octanol–water partition coefficient (Wildman–Crippen LogP) is 3.40. The lowest BCUT2D eigenvalue weighted by molar-refractivity contribution is -0.127. The number of piperidine rings is 1. The topological polar surface area (TPSA) is 87.7 Å². The summed E-state index contributed by atoms with van der Waals surface area (Å²) in [7, 11) is 1.59. The number of nitrogens with zero attached hydrogens (tertiary/aromatic N) is 1. The first kappa shape index (κ1) is 23.8. The van der Waals surface area contributed by atoms with Gasteiger partial charge in [0.25, 0.3) is 11.8 Å². The summed E-state index contributed by atoms with van der Waals surface area (Å²) in [5.74, 6) is 0.264. The fourth-order valence-corrected chi connectivity index (χ4v) is 4.91. The van der Waals surface area contributed by atoms with Gasteiger partial charge in [0.05, 0.1) is 13.0 Å². The molecule has 7 heteroatoms. The van der Waals surface area contributed by atoms with E-state index in [1.165, 1.54) is 0 Å². The molecule has 34 heavy (non-hydrogen) atoms. The summed E-state index contributed by atoms with van der Waals surface area (Å²) in [5, 5.41) is 6.32. The SMILES string of the molecule is COc1ccc(C(=O)N[C@@H]2CCCC[C@H]2NC(=O)[C@@H]2CCCN(C(=O)c3ccccc3)C2)cc1. The molecule has 1 saturated carbocycles. The molecule has 2 N–H and O–H groups in total. The average molecular weight is 464 g/mol. The molecule has 4 rings (SSSR count). The number of nitrogens with one attached hydrogen (secondary N) is 2. The number of ether oxygens (including phenoxy) is 1. The number of hydrogen-bond donors (Lipinski definition) is 2. The lowest BCUT2D eigenvalue weighted by Crippen LogP contribution is -2.55. The minimum atomic E-state index is -0.235. The molecule has 2 fully saturated rings. The summed E-state index contributed by atoms with van der Waals surface area (Å²) < 4.78 is 5.16. The largest absolute Gasteiger partial charge is 0.497 e. The monoisotopic (exact) mass is 463 g/mol. The molecule has 0 radical (unpaired) electrons. The summed E-state index contributed by atoms with van der Waals surface area (Å²) in [5.41, 5.74) is 1.22. The fourth-order valence-electron chi connectivity index (χ4n) is 4.91. The van der Waals surface area contributed by atoms with Crippen LogP contribution in [0.5, 0.6) is 5.75 Å². The normalized spacial score (nSPS) is 22.5. The number of methoxy groups -OCH3 is 1. The molecule has 1 aliphatic heterocycles. The first-order valence-electron chi connectivity index (χ1n) is 12.1. The van der Waals surface area contributed by atoms with Gasteiger partial charge in [0.15, 0.2) is 0 Å². The van der Waals surface area contributed by atoms with E-state index in [0.29, 0.717) is 30.0 Å². The Morgan fingerprint density at radius 1 is 0.824 bits per heavy atom. The van der Waals surface area contributed by atoms with Crippen molar-refractivity contribution in [1.29, 1.82) is 0 Å². The molecule has 0 unspecified atom stereocenters. The van der Waals surface area contributed by atoms with Gasteiger partial charge in [0.1, 0.15) is 5.75 Å². The van der Waals surface area contributed by atoms with Crippen LogP contribution in [0.2, 0.25) is 0 Å². The van der Waals surface area contributed by atoms with Crippen molar-refractivity contribution in [3.8, 4) is 5.75 Å². The Bertz CT molecular complexity index is 993. The first-order valence-corrected chi connectivity index (χ1v) is 12.1. The highest BCUT2D eigenvalue weighted by Gasteiger charge is 2.33. The zero-order valence-electron chi connectivity index (χ0n) is 19.7. The molecule has 3 atom stereocenters. The van der Waals surface area contributed by atoms with E-state index in [1.54, 1.807) is 36.3 Å². The summed E-state index contributed by atoms with van der Waals surface area (Å²) >= 11 is 0. The van der Waals surface area contributed by atoms with Crippen molar-refractivity contribution < 1.29 is 19.1 Å². The number of benzene rings is 2. The van der Waals surface area contributed by atoms with Crippen molar-refractivity contribution in [2.24, 2.45) is 5.92 Å². The molecule has 3 amide bonds. The summed E-state index contributed by atoms with van der Waals surface area (Å²) in [6.07, 6.45) is 5.26. The minimum Gasteiger partial charge on any atom is -0.497 e. The van der Waals surface area contributed by atoms with Crippen molar-refractivity contribution in [1.82, 2.24) is 15.5 Å². The number of rotatable bonds is 6. The number of hydrogen-bond acceptors (Lipinski definition) is 4. The Labute approximate surface area is 200 Å². The van der Waals surface area contributed by atoms with Gasteiger partial charge in [-0.05, 0) is 62.1 Å². The van der Waals surface area contributed by atoms with Crippen molar-refractivity contribution in [2.75, 3.05) is 20.2 Å². The second-order valence-electron chi connectivity index (χ2n) is 9.16. The molecule has 0 aromatic heterocycles. The molecular formula is C27H33N3O4. The lowest BCUT2D eigenvalue weighted by Gasteiger charge is -2.36. The molecule has 0 spiro atoms. The van der Waals surface area contributed by atoms with Gasteiger partial charge in [-0.15, -0.1) is 0 Å². The van der Waals surface area contributed by atoms with Crippen LogP contribution in [0.25, 0.3) is 0 Å². The molecule has 7 nitrogen and oxygen atoms in total. The van der Waals surface area contributed by atoms with E-state index in [1.807, 2.05) is 30.3 Å². The van der Waals surface area contributed by atoms with Crippen molar-refractivity contribution in [2.45, 2.75) is 50.6 Å². The van der Waals surface area contributed by atoms with E-state index in [4.69, 9.17) is 4.74 Å². The van der Waals surface area contributed by atoms with E-state index in [-0.39, 0.29) is 35.7 Å². The van der Waals surface area contributed by atoms with E-state index < -0.39 is 0 Å². The van der Waals surface area contributed by atoms with E-state index in [2.05, 4.69) is 10.6 Å². The predicted molar refractivity (Wildman–Crippen MR) is 130 cm³/mol. The number of amides is 3. The van der Waals surface area contributed by atoms with Crippen LogP contribution in [0.3, 0.4) is 0 Å². The molecule has 2 aromatic carbocycles. The van der Waals surface area contributed by atoms with Crippen LogP contribution >= 0.6 is 0 Å². The fraction of sp³-hybridized carbons (Fsp3) is 0.444. The van der Waals surface area contributed by atoms with Crippen LogP contribution in [0.15, 0.2) is 54.6 Å². The van der Waals surface area contributed by atoms with E-state index in [9.17, 15) is 14.4 Å². The van der Waals surface area contributed by atoms with Gasteiger partial charge in [0.2, 0.25) is 5.91 Å². The zero-order chi connectivity index (χ0) is 23.9. The third-order valence-corrected chi connectivity index (χ3v) is 6.86. The maximum absolute atomic E-state index is 13.2. The van der Waals surface area contributed by atoms with Gasteiger partial charge in [-0.3, -0.25) is 14.4 Å². The van der Waals surface area contributed by atoms with Gasteiger partial charge in [-0.2, -0.15) is 0 Å². The maximum atomic E-state index is 13.2. The summed E-state index contributed by atoms with van der Waals surface area (Å²) in [6.45, 7) is 1.09. The molecule has 2 aliphatic rings. The number of likely N-dealkylation sites (tertiary alicyclic amines) is 1. The summed E-state index contributed by atoms with van der Waals surface area (Å²) in [6, 6.07) is 16.0. The molecular weight excluding hydrogens is 430 g/mol.